The van der Waals surface area contributed by atoms with Gasteiger partial charge in [0, 0.05) is 17.8 Å². The van der Waals surface area contributed by atoms with Gasteiger partial charge in [-0.05, 0) is 24.3 Å². The number of hydrogen-bond acceptors (Lipinski definition) is 8. The summed E-state index contributed by atoms with van der Waals surface area (Å²) < 4.78 is 62.9. The van der Waals surface area contributed by atoms with Crippen LogP contribution in [-0.2, 0) is 6.54 Å². The number of nitrogens with two attached hydrogens (primary N) is 1. The summed E-state index contributed by atoms with van der Waals surface area (Å²) in [4.78, 5) is 17.0. The van der Waals surface area contributed by atoms with Crippen LogP contribution < -0.4 is 21.1 Å². The third kappa shape index (κ3) is 5.74. The van der Waals surface area contributed by atoms with Gasteiger partial charge in [-0.2, -0.15) is 5.10 Å². The highest BCUT2D eigenvalue weighted by atomic mass is 19.4. The molecule has 0 aliphatic carbocycles. The van der Waals surface area contributed by atoms with Crippen molar-refractivity contribution >= 4 is 11.7 Å². The highest BCUT2D eigenvalue weighted by Gasteiger charge is 2.33. The SMILES string of the molecule is NC1=NC(c2cc(-c3ccon3)n(Cc3ccccc3F)n2)NC=C1NC(=O)c1ccccc1OC(F)(F)F. The van der Waals surface area contributed by atoms with Gasteiger partial charge in [-0.3, -0.25) is 9.48 Å². The number of para-hydroxylation sites is 1. The number of halogens is 4. The molecule has 1 amide bonds. The molecule has 4 aromatic rings. The van der Waals surface area contributed by atoms with Crippen molar-refractivity contribution in [3.63, 3.8) is 0 Å². The molecule has 1 atom stereocenters. The first kappa shape index (κ1) is 25.5. The predicted molar refractivity (Wildman–Crippen MR) is 129 cm³/mol. The van der Waals surface area contributed by atoms with E-state index in [0.29, 0.717) is 22.6 Å². The Labute approximate surface area is 217 Å². The largest absolute Gasteiger partial charge is 0.573 e. The van der Waals surface area contributed by atoms with E-state index >= 15 is 0 Å². The van der Waals surface area contributed by atoms with Crippen molar-refractivity contribution in [2.75, 3.05) is 0 Å². The van der Waals surface area contributed by atoms with Gasteiger partial charge >= 0.3 is 6.36 Å². The minimum absolute atomic E-state index is 0.0283. The minimum Gasteiger partial charge on any atom is -0.405 e. The molecule has 10 nitrogen and oxygen atoms in total. The molecule has 1 aliphatic rings. The van der Waals surface area contributed by atoms with Gasteiger partial charge in [0.1, 0.15) is 35.1 Å². The summed E-state index contributed by atoms with van der Waals surface area (Å²) in [5, 5.41) is 13.8. The van der Waals surface area contributed by atoms with E-state index in [1.807, 2.05) is 0 Å². The van der Waals surface area contributed by atoms with Crippen LogP contribution >= 0.6 is 0 Å². The number of amidine groups is 1. The fourth-order valence-electron chi connectivity index (χ4n) is 3.82. The van der Waals surface area contributed by atoms with Crippen molar-refractivity contribution in [1.82, 2.24) is 25.6 Å². The number of carbonyl (C=O) groups is 1. The van der Waals surface area contributed by atoms with E-state index in [9.17, 15) is 22.4 Å². The molecule has 0 saturated carbocycles. The lowest BCUT2D eigenvalue weighted by Gasteiger charge is -2.20. The van der Waals surface area contributed by atoms with Gasteiger partial charge in [-0.15, -0.1) is 13.2 Å². The lowest BCUT2D eigenvalue weighted by molar-refractivity contribution is -0.274. The Hall–Kier alpha value is -5.14. The summed E-state index contributed by atoms with van der Waals surface area (Å²) in [5.74, 6) is -2.06. The van der Waals surface area contributed by atoms with Crippen molar-refractivity contribution in [1.29, 1.82) is 0 Å². The van der Waals surface area contributed by atoms with Crippen molar-refractivity contribution in [2.45, 2.75) is 19.1 Å². The van der Waals surface area contributed by atoms with Crippen LogP contribution in [0.25, 0.3) is 11.4 Å². The van der Waals surface area contributed by atoms with Crippen LogP contribution in [0.1, 0.15) is 27.8 Å². The van der Waals surface area contributed by atoms with Gasteiger partial charge in [-0.1, -0.05) is 35.5 Å². The molecule has 0 bridgehead atoms. The topological polar surface area (TPSA) is 133 Å². The van der Waals surface area contributed by atoms with Crippen LogP contribution in [0, 0.1) is 5.82 Å². The normalized spacial score (nSPS) is 15.2. The standard InChI is InChI=1S/C25H19F4N7O3/c26-16-7-3-1-5-14(16)13-36-20(17-9-10-38-35-17)11-18(34-36)23-31-12-19(22(30)33-23)32-24(37)15-6-2-4-8-21(15)39-25(27,28)29/h1-12,23,31H,13H2,(H2,30,33)(H,32,37). The van der Waals surface area contributed by atoms with Crippen LogP contribution in [-0.4, -0.2) is 33.0 Å². The van der Waals surface area contributed by atoms with Crippen LogP contribution in [0.5, 0.6) is 5.75 Å². The Kier molecular flexibility index (Phi) is 6.75. The quantitative estimate of drug-likeness (QED) is 0.303. The average molecular weight is 541 g/mol. The van der Waals surface area contributed by atoms with E-state index in [-0.39, 0.29) is 23.6 Å². The highest BCUT2D eigenvalue weighted by molar-refractivity contribution is 6.05. The van der Waals surface area contributed by atoms with E-state index in [1.165, 1.54) is 41.4 Å². The summed E-state index contributed by atoms with van der Waals surface area (Å²) in [6, 6.07) is 14.5. The van der Waals surface area contributed by atoms with E-state index in [4.69, 9.17) is 10.3 Å². The maximum atomic E-state index is 14.3. The molecule has 1 unspecified atom stereocenters. The molecule has 0 saturated heterocycles. The van der Waals surface area contributed by atoms with Crippen molar-refractivity contribution in [3.8, 4) is 17.1 Å². The molecule has 39 heavy (non-hydrogen) atoms. The third-order valence-corrected chi connectivity index (χ3v) is 5.59. The maximum absolute atomic E-state index is 14.3. The number of carbonyl (C=O) groups excluding carboxylic acids is 1. The molecule has 0 fully saturated rings. The van der Waals surface area contributed by atoms with Crippen molar-refractivity contribution < 1.29 is 31.6 Å². The van der Waals surface area contributed by atoms with E-state index in [1.54, 1.807) is 30.3 Å². The number of hydrogen-bond donors (Lipinski definition) is 3. The van der Waals surface area contributed by atoms with Gasteiger partial charge < -0.3 is 25.6 Å². The number of ether oxygens (including phenoxy) is 1. The lowest BCUT2D eigenvalue weighted by Crippen LogP contribution is -2.37. The van der Waals surface area contributed by atoms with Gasteiger partial charge in [0.2, 0.25) is 0 Å². The Morgan fingerprint density at radius 2 is 1.92 bits per heavy atom. The fourth-order valence-corrected chi connectivity index (χ4v) is 3.82. The second kappa shape index (κ2) is 10.3. The molecular formula is C25H19F4N7O3. The van der Waals surface area contributed by atoms with Gasteiger partial charge in [0.25, 0.3) is 5.91 Å². The summed E-state index contributed by atoms with van der Waals surface area (Å²) >= 11 is 0. The second-order valence-corrected chi connectivity index (χ2v) is 8.23. The molecule has 1 aliphatic heterocycles. The fraction of sp³-hybridized carbons (Fsp3) is 0.120. The zero-order valence-corrected chi connectivity index (χ0v) is 19.8. The van der Waals surface area contributed by atoms with Crippen LogP contribution in [0.4, 0.5) is 17.6 Å². The number of aromatic nitrogens is 3. The Bertz CT molecular complexity index is 1560. The molecule has 0 radical (unpaired) electrons. The molecule has 4 N–H and O–H groups in total. The third-order valence-electron chi connectivity index (χ3n) is 5.59. The molecular weight excluding hydrogens is 522 g/mol. The first-order chi connectivity index (χ1) is 18.7. The number of alkyl halides is 3. The second-order valence-electron chi connectivity index (χ2n) is 8.23. The zero-order chi connectivity index (χ0) is 27.6. The van der Waals surface area contributed by atoms with E-state index in [0.717, 1.165) is 6.07 Å². The number of benzene rings is 2. The van der Waals surface area contributed by atoms with E-state index in [2.05, 4.69) is 30.6 Å². The van der Waals surface area contributed by atoms with Gasteiger partial charge in [0.15, 0.2) is 6.17 Å². The molecule has 14 heteroatoms. The Morgan fingerprint density at radius 1 is 1.15 bits per heavy atom. The number of amides is 1. The number of aliphatic imine (C=N–C) groups is 1. The predicted octanol–water partition coefficient (Wildman–Crippen LogP) is 3.85. The summed E-state index contributed by atoms with van der Waals surface area (Å²) in [7, 11) is 0. The van der Waals surface area contributed by atoms with Crippen LogP contribution in [0.3, 0.4) is 0 Å². The molecule has 0 spiro atoms. The Balaban J connectivity index is 1.36. The Morgan fingerprint density at radius 3 is 2.64 bits per heavy atom. The van der Waals surface area contributed by atoms with Gasteiger partial charge in [-0.25, -0.2) is 9.38 Å². The van der Waals surface area contributed by atoms with Crippen molar-refractivity contribution in [2.24, 2.45) is 10.7 Å². The monoisotopic (exact) mass is 541 g/mol. The van der Waals surface area contributed by atoms with Gasteiger partial charge in [0.05, 0.1) is 23.5 Å². The summed E-state index contributed by atoms with van der Waals surface area (Å²) in [6.45, 7) is 0.0946. The van der Waals surface area contributed by atoms with Crippen molar-refractivity contribution in [3.05, 3.63) is 101 Å². The summed E-state index contributed by atoms with van der Waals surface area (Å²) in [6.07, 6.45) is -3.03. The first-order valence-corrected chi connectivity index (χ1v) is 11.4. The molecule has 2 aromatic heterocycles. The summed E-state index contributed by atoms with van der Waals surface area (Å²) in [5.41, 5.74) is 7.53. The number of rotatable bonds is 7. The minimum atomic E-state index is -4.98. The van der Waals surface area contributed by atoms with Crippen LogP contribution in [0.2, 0.25) is 0 Å². The first-order valence-electron chi connectivity index (χ1n) is 11.4. The molecule has 5 rings (SSSR count). The average Bonchev–Trinajstić information content (AvgIpc) is 3.56. The lowest BCUT2D eigenvalue weighted by atomic mass is 10.2. The number of nitrogens with zero attached hydrogens (tertiary/aromatic N) is 4. The van der Waals surface area contributed by atoms with Crippen LogP contribution in [0.15, 0.2) is 88.3 Å². The number of nitrogens with one attached hydrogen (secondary N) is 2. The smallest absolute Gasteiger partial charge is 0.405 e. The molecule has 2 aromatic carbocycles. The van der Waals surface area contributed by atoms with E-state index < -0.39 is 30.0 Å². The highest BCUT2D eigenvalue weighted by Crippen LogP contribution is 2.28. The maximum Gasteiger partial charge on any atom is 0.573 e. The molecule has 3 heterocycles. The zero-order valence-electron chi connectivity index (χ0n) is 19.8. The molecule has 200 valence electrons.